The zero-order chi connectivity index (χ0) is 14.7. The predicted molar refractivity (Wildman–Crippen MR) is 87.8 cm³/mol. The summed E-state index contributed by atoms with van der Waals surface area (Å²) in [6.07, 6.45) is 0.846. The normalized spacial score (nSPS) is 12.2. The Balaban J connectivity index is 2.21. The van der Waals surface area contributed by atoms with Gasteiger partial charge in [-0.3, -0.25) is 0 Å². The van der Waals surface area contributed by atoms with E-state index < -0.39 is 0 Å². The molecule has 2 rings (SSSR count). The van der Waals surface area contributed by atoms with Crippen molar-refractivity contribution in [3.05, 3.63) is 57.0 Å². The van der Waals surface area contributed by atoms with Crippen LogP contribution in [0.2, 0.25) is 5.02 Å². The van der Waals surface area contributed by atoms with E-state index in [0.29, 0.717) is 5.02 Å². The Kier molecular flexibility index (Phi) is 5.08. The maximum Gasteiger partial charge on any atom is 0.141 e. The van der Waals surface area contributed by atoms with E-state index in [-0.39, 0.29) is 6.04 Å². The summed E-state index contributed by atoms with van der Waals surface area (Å²) in [5.74, 6) is 1.58. The van der Waals surface area contributed by atoms with E-state index in [9.17, 15) is 0 Å². The van der Waals surface area contributed by atoms with E-state index in [1.54, 1.807) is 0 Å². The molecule has 2 aromatic carbocycles. The lowest BCUT2D eigenvalue weighted by Crippen LogP contribution is -2.17. The highest BCUT2D eigenvalue weighted by Crippen LogP contribution is 2.33. The minimum atomic E-state index is 0.146. The number of benzene rings is 2. The van der Waals surface area contributed by atoms with Crippen LogP contribution in [0.3, 0.4) is 0 Å². The van der Waals surface area contributed by atoms with Crippen molar-refractivity contribution < 1.29 is 4.74 Å². The molecule has 0 aliphatic carbocycles. The molecule has 0 heterocycles. The Morgan fingerprint density at radius 2 is 1.90 bits per heavy atom. The van der Waals surface area contributed by atoms with Gasteiger partial charge >= 0.3 is 0 Å². The van der Waals surface area contributed by atoms with Gasteiger partial charge < -0.3 is 10.5 Å². The summed E-state index contributed by atoms with van der Waals surface area (Å²) in [5.41, 5.74) is 8.00. The van der Waals surface area contributed by atoms with Crippen molar-refractivity contribution in [3.63, 3.8) is 0 Å². The second kappa shape index (κ2) is 6.61. The van der Waals surface area contributed by atoms with Gasteiger partial charge in [0.15, 0.2) is 0 Å². The number of nitrogens with two attached hydrogens (primary N) is 1. The Bertz CT molecular complexity index is 613. The molecule has 0 aliphatic heterocycles. The van der Waals surface area contributed by atoms with Crippen LogP contribution in [0.5, 0.6) is 11.5 Å². The number of hydrogen-bond acceptors (Lipinski definition) is 2. The summed E-state index contributed by atoms with van der Waals surface area (Å²) in [4.78, 5) is 0. The smallest absolute Gasteiger partial charge is 0.141 e. The summed E-state index contributed by atoms with van der Waals surface area (Å²) in [6, 6.07) is 11.8. The molecule has 0 aliphatic rings. The number of hydrogen-bond donors (Lipinski definition) is 1. The van der Waals surface area contributed by atoms with Crippen molar-refractivity contribution in [2.75, 3.05) is 0 Å². The highest BCUT2D eigenvalue weighted by molar-refractivity contribution is 9.10. The molecule has 1 atom stereocenters. The quantitative estimate of drug-likeness (QED) is 0.829. The van der Waals surface area contributed by atoms with Crippen molar-refractivity contribution >= 4 is 27.5 Å². The van der Waals surface area contributed by atoms with Crippen LogP contribution in [0.1, 0.15) is 18.1 Å². The number of rotatable bonds is 4. The summed E-state index contributed by atoms with van der Waals surface area (Å²) in [7, 11) is 0. The fourth-order valence-corrected chi connectivity index (χ4v) is 2.71. The average Bonchev–Trinajstić information content (AvgIpc) is 2.34. The molecule has 2 N–H and O–H groups in total. The van der Waals surface area contributed by atoms with Crippen LogP contribution in [0.4, 0.5) is 0 Å². The zero-order valence-electron chi connectivity index (χ0n) is 11.5. The van der Waals surface area contributed by atoms with E-state index in [1.807, 2.05) is 50.2 Å². The molecule has 2 nitrogen and oxygen atoms in total. The van der Waals surface area contributed by atoms with Gasteiger partial charge in [0, 0.05) is 11.1 Å². The second-order valence-electron chi connectivity index (χ2n) is 4.96. The van der Waals surface area contributed by atoms with Crippen molar-refractivity contribution in [2.45, 2.75) is 26.3 Å². The van der Waals surface area contributed by atoms with Crippen molar-refractivity contribution in [2.24, 2.45) is 5.73 Å². The van der Waals surface area contributed by atoms with Crippen LogP contribution in [0.25, 0.3) is 0 Å². The van der Waals surface area contributed by atoms with Crippen LogP contribution < -0.4 is 10.5 Å². The molecule has 0 amide bonds. The fourth-order valence-electron chi connectivity index (χ4n) is 1.97. The molecule has 0 aromatic heterocycles. The average molecular weight is 355 g/mol. The Hall–Kier alpha value is -1.03. The molecule has 2 aromatic rings. The first-order valence-electron chi connectivity index (χ1n) is 6.43. The molecule has 0 radical (unpaired) electrons. The molecule has 106 valence electrons. The van der Waals surface area contributed by atoms with Crippen LogP contribution in [0.15, 0.2) is 40.9 Å². The lowest BCUT2D eigenvalue weighted by atomic mass is 10.1. The first kappa shape index (κ1) is 15.4. The Morgan fingerprint density at radius 3 is 2.50 bits per heavy atom. The van der Waals surface area contributed by atoms with Crippen LogP contribution in [-0.2, 0) is 6.42 Å². The molecular weight excluding hydrogens is 338 g/mol. The van der Waals surface area contributed by atoms with Crippen molar-refractivity contribution in [1.82, 2.24) is 0 Å². The summed E-state index contributed by atoms with van der Waals surface area (Å²) in [6.45, 7) is 3.97. The van der Waals surface area contributed by atoms with Gasteiger partial charge in [-0.2, -0.15) is 0 Å². The molecule has 0 spiro atoms. The summed E-state index contributed by atoms with van der Waals surface area (Å²) < 4.78 is 6.84. The lowest BCUT2D eigenvalue weighted by Gasteiger charge is -2.12. The third-order valence-electron chi connectivity index (χ3n) is 2.91. The predicted octanol–water partition coefficient (Wildman–Crippen LogP) is 5.09. The Morgan fingerprint density at radius 1 is 1.20 bits per heavy atom. The van der Waals surface area contributed by atoms with Gasteiger partial charge in [-0.1, -0.05) is 17.7 Å². The van der Waals surface area contributed by atoms with Gasteiger partial charge in [-0.15, -0.1) is 0 Å². The van der Waals surface area contributed by atoms with Gasteiger partial charge in [0.05, 0.1) is 4.47 Å². The molecule has 0 saturated heterocycles. The van der Waals surface area contributed by atoms with E-state index in [4.69, 9.17) is 22.1 Å². The molecule has 20 heavy (non-hydrogen) atoms. The number of ether oxygens (including phenoxy) is 1. The SMILES string of the molecule is Cc1cc(Cl)ccc1Oc1ccc(CC(C)N)cc1Br. The topological polar surface area (TPSA) is 35.2 Å². The minimum absolute atomic E-state index is 0.146. The van der Waals surface area contributed by atoms with Gasteiger partial charge in [0.1, 0.15) is 11.5 Å². The van der Waals surface area contributed by atoms with Gasteiger partial charge in [0.25, 0.3) is 0 Å². The van der Waals surface area contributed by atoms with E-state index in [0.717, 1.165) is 28.0 Å². The molecule has 1 unspecified atom stereocenters. The van der Waals surface area contributed by atoms with Crippen LogP contribution >= 0.6 is 27.5 Å². The fraction of sp³-hybridized carbons (Fsp3) is 0.250. The van der Waals surface area contributed by atoms with Crippen molar-refractivity contribution in [1.29, 1.82) is 0 Å². The minimum Gasteiger partial charge on any atom is -0.456 e. The first-order valence-corrected chi connectivity index (χ1v) is 7.61. The molecule has 4 heteroatoms. The largest absolute Gasteiger partial charge is 0.456 e. The van der Waals surface area contributed by atoms with Gasteiger partial charge in [-0.05, 0) is 77.7 Å². The highest BCUT2D eigenvalue weighted by Gasteiger charge is 2.07. The number of halogens is 2. The van der Waals surface area contributed by atoms with Gasteiger partial charge in [-0.25, -0.2) is 0 Å². The second-order valence-corrected chi connectivity index (χ2v) is 6.25. The highest BCUT2D eigenvalue weighted by atomic mass is 79.9. The maximum atomic E-state index is 5.94. The zero-order valence-corrected chi connectivity index (χ0v) is 13.8. The lowest BCUT2D eigenvalue weighted by molar-refractivity contribution is 0.475. The Labute approximate surface area is 133 Å². The molecular formula is C16H17BrClNO. The van der Waals surface area contributed by atoms with Crippen LogP contribution in [0, 0.1) is 6.92 Å². The van der Waals surface area contributed by atoms with Crippen molar-refractivity contribution in [3.8, 4) is 11.5 Å². The molecule has 0 bridgehead atoms. The standard InChI is InChI=1S/C16H17BrClNO/c1-10-7-13(18)4-6-15(10)20-16-5-3-12(8-11(2)19)9-14(16)17/h3-7,9,11H,8,19H2,1-2H3. The monoisotopic (exact) mass is 353 g/mol. The third kappa shape index (κ3) is 3.98. The summed E-state index contributed by atoms with van der Waals surface area (Å²) in [5, 5.41) is 0.709. The third-order valence-corrected chi connectivity index (χ3v) is 3.77. The van der Waals surface area contributed by atoms with Crippen LogP contribution in [-0.4, -0.2) is 6.04 Å². The molecule has 0 fully saturated rings. The molecule has 0 saturated carbocycles. The van der Waals surface area contributed by atoms with E-state index >= 15 is 0 Å². The number of aryl methyl sites for hydroxylation is 1. The maximum absolute atomic E-state index is 5.94. The van der Waals surface area contributed by atoms with Gasteiger partial charge in [0.2, 0.25) is 0 Å². The summed E-state index contributed by atoms with van der Waals surface area (Å²) >= 11 is 9.49. The van der Waals surface area contributed by atoms with E-state index in [1.165, 1.54) is 5.56 Å². The first-order chi connectivity index (χ1) is 9.45. The van der Waals surface area contributed by atoms with E-state index in [2.05, 4.69) is 15.9 Å².